The zero-order valence-electron chi connectivity index (χ0n) is 28.2. The molecule has 0 spiro atoms. The molecule has 0 atom stereocenters. The quantitative estimate of drug-likeness (QED) is 0.0854. The molecular weight excluding hydrogens is 644 g/mol. The second-order valence-electron chi connectivity index (χ2n) is 13.4. The second kappa shape index (κ2) is 18.4. The topological polar surface area (TPSA) is 138 Å². The fourth-order valence-corrected chi connectivity index (χ4v) is 8.16. The summed E-state index contributed by atoms with van der Waals surface area (Å²) in [6.07, 6.45) is 17.1. The molecule has 0 amide bonds. The Labute approximate surface area is 282 Å². The van der Waals surface area contributed by atoms with Crippen molar-refractivity contribution in [2.45, 2.75) is 129 Å². The van der Waals surface area contributed by atoms with Crippen LogP contribution in [-0.4, -0.2) is 54.7 Å². The Morgan fingerprint density at radius 1 is 0.804 bits per heavy atom. The molecule has 0 saturated heterocycles. The second-order valence-corrected chi connectivity index (χ2v) is 17.5. The van der Waals surface area contributed by atoms with Crippen molar-refractivity contribution in [3.63, 3.8) is 0 Å². The minimum absolute atomic E-state index is 0.0718. The maximum atomic E-state index is 12.7. The van der Waals surface area contributed by atoms with Crippen LogP contribution >= 0.6 is 11.6 Å². The fraction of sp³-hybridized carbons (Fsp3) is 0.697. The summed E-state index contributed by atoms with van der Waals surface area (Å²) < 4.78 is 56.8. The highest BCUT2D eigenvalue weighted by Crippen LogP contribution is 2.32. The Hall–Kier alpha value is -2.15. The Morgan fingerprint density at radius 2 is 1.37 bits per heavy atom. The summed E-state index contributed by atoms with van der Waals surface area (Å²) in [5, 5.41) is 8.15. The van der Waals surface area contributed by atoms with Gasteiger partial charge in [0.2, 0.25) is 20.0 Å². The van der Waals surface area contributed by atoms with Gasteiger partial charge in [0.15, 0.2) is 11.5 Å². The maximum absolute atomic E-state index is 12.7. The summed E-state index contributed by atoms with van der Waals surface area (Å²) in [5.74, 6) is 0.264. The van der Waals surface area contributed by atoms with Gasteiger partial charge in [0, 0.05) is 23.2 Å². The number of unbranched alkanes of at least 4 members (excludes halogenated alkanes) is 13. The summed E-state index contributed by atoms with van der Waals surface area (Å²) in [4.78, 5) is 4.54. The highest BCUT2D eigenvalue weighted by Gasteiger charge is 2.24. The molecule has 0 aliphatic rings. The number of aromatic amines is 1. The Kier molecular flexibility index (Phi) is 15.3. The van der Waals surface area contributed by atoms with Gasteiger partial charge in [0.05, 0.1) is 17.2 Å². The zero-order valence-corrected chi connectivity index (χ0v) is 30.6. The van der Waals surface area contributed by atoms with Crippen LogP contribution in [0.4, 0.5) is 5.69 Å². The number of benzene rings is 1. The molecule has 0 fully saturated rings. The first-order valence-corrected chi connectivity index (χ1v) is 20.7. The molecule has 0 bridgehead atoms. The van der Waals surface area contributed by atoms with Gasteiger partial charge in [-0.1, -0.05) is 135 Å². The van der Waals surface area contributed by atoms with Gasteiger partial charge in [-0.25, -0.2) is 26.5 Å². The third-order valence-electron chi connectivity index (χ3n) is 8.06. The molecule has 0 unspecified atom stereocenters. The minimum atomic E-state index is -3.69. The summed E-state index contributed by atoms with van der Waals surface area (Å²) in [6, 6.07) is 6.81. The molecule has 0 radical (unpaired) electrons. The molecule has 3 N–H and O–H groups in total. The van der Waals surface area contributed by atoms with Crippen LogP contribution in [-0.2, 0) is 25.5 Å². The first-order valence-electron chi connectivity index (χ1n) is 17.0. The van der Waals surface area contributed by atoms with E-state index in [1.54, 1.807) is 24.3 Å². The van der Waals surface area contributed by atoms with Crippen molar-refractivity contribution in [3.05, 3.63) is 35.0 Å². The van der Waals surface area contributed by atoms with Crippen LogP contribution in [0.1, 0.15) is 130 Å². The monoisotopic (exact) mass is 698 g/mol. The molecule has 0 saturated carbocycles. The number of rotatable bonds is 23. The van der Waals surface area contributed by atoms with Crippen LogP contribution in [0.25, 0.3) is 17.0 Å². The molecule has 2 heterocycles. The first-order chi connectivity index (χ1) is 21.8. The number of sulfonamides is 2. The predicted octanol–water partition coefficient (Wildman–Crippen LogP) is 8.21. The molecule has 1 aromatic carbocycles. The first kappa shape index (κ1) is 38.3. The molecule has 3 rings (SSSR count). The normalized spacial score (nSPS) is 12.7. The molecule has 260 valence electrons. The van der Waals surface area contributed by atoms with Gasteiger partial charge in [-0.05, 0) is 25.0 Å². The minimum Gasteiger partial charge on any atom is -0.284 e. The highest BCUT2D eigenvalue weighted by atomic mass is 35.5. The number of nitrogens with zero attached hydrogens (tertiary/aromatic N) is 3. The summed E-state index contributed by atoms with van der Waals surface area (Å²) >= 11 is 6.54. The van der Waals surface area contributed by atoms with Crippen LogP contribution in [0.2, 0.25) is 5.02 Å². The lowest BCUT2D eigenvalue weighted by atomic mass is 9.92. The molecule has 46 heavy (non-hydrogen) atoms. The van der Waals surface area contributed by atoms with Gasteiger partial charge in [-0.3, -0.25) is 9.82 Å². The van der Waals surface area contributed by atoms with E-state index in [9.17, 15) is 16.8 Å². The Bertz CT molecular complexity index is 1560. The van der Waals surface area contributed by atoms with E-state index in [0.29, 0.717) is 34.2 Å². The standard InChI is InChI=1S/C33H55ClN6O4S2/c1-5-6-7-8-9-10-11-12-13-14-15-16-17-18-24-45(41,42)35-23-20-25-46(43,44)39-28-22-19-21-27(26-28)31-36-32-29(34)30(33(2,3)4)37-40(32)38-31/h19,21-22,26,35,37,39H,5-18,20,23-25H2,1-4H3. The van der Waals surface area contributed by atoms with Crippen LogP contribution in [0.5, 0.6) is 0 Å². The smallest absolute Gasteiger partial charge is 0.232 e. The molecule has 0 aliphatic heterocycles. The third-order valence-corrected chi connectivity index (χ3v) is 11.3. The van der Waals surface area contributed by atoms with Crippen LogP contribution < -0.4 is 9.44 Å². The Balaban J connectivity index is 1.31. The molecule has 13 heteroatoms. The molecule has 3 aromatic rings. The SMILES string of the molecule is CCCCCCCCCCCCCCCCS(=O)(=O)NCCCS(=O)(=O)Nc1cccc(-c2nc3c(Cl)c(C(C)(C)C)[nH]n3n2)c1. The highest BCUT2D eigenvalue weighted by molar-refractivity contribution is 7.92. The van der Waals surface area contributed by atoms with Crippen molar-refractivity contribution in [3.8, 4) is 11.4 Å². The average Bonchev–Trinajstić information content (AvgIpc) is 3.55. The number of aromatic nitrogens is 4. The number of nitrogens with one attached hydrogen (secondary N) is 3. The van der Waals surface area contributed by atoms with Gasteiger partial charge < -0.3 is 0 Å². The van der Waals surface area contributed by atoms with Gasteiger partial charge >= 0.3 is 0 Å². The average molecular weight is 699 g/mol. The number of anilines is 1. The van der Waals surface area contributed by atoms with Crippen molar-refractivity contribution < 1.29 is 16.8 Å². The lowest BCUT2D eigenvalue weighted by Crippen LogP contribution is -2.29. The molecular formula is C33H55ClN6O4S2. The lowest BCUT2D eigenvalue weighted by molar-refractivity contribution is 0.536. The lowest BCUT2D eigenvalue weighted by Gasteiger charge is -2.16. The van der Waals surface area contributed by atoms with Gasteiger partial charge in [0.1, 0.15) is 5.02 Å². The van der Waals surface area contributed by atoms with Crippen molar-refractivity contribution in [2.75, 3.05) is 22.8 Å². The maximum Gasteiger partial charge on any atom is 0.232 e. The third kappa shape index (κ3) is 13.2. The van der Waals surface area contributed by atoms with Gasteiger partial charge in [0.25, 0.3) is 0 Å². The fourth-order valence-electron chi connectivity index (χ4n) is 5.42. The number of fused-ring (bicyclic) bond motifs is 1. The van der Waals surface area contributed by atoms with Crippen molar-refractivity contribution in [1.29, 1.82) is 0 Å². The van der Waals surface area contributed by atoms with Crippen molar-refractivity contribution >= 4 is 43.0 Å². The van der Waals surface area contributed by atoms with Crippen LogP contribution in [0.15, 0.2) is 24.3 Å². The van der Waals surface area contributed by atoms with E-state index in [1.807, 2.05) is 20.8 Å². The summed E-state index contributed by atoms with van der Waals surface area (Å²) in [7, 11) is -7.12. The van der Waals surface area contributed by atoms with E-state index in [1.165, 1.54) is 68.8 Å². The van der Waals surface area contributed by atoms with E-state index >= 15 is 0 Å². The predicted molar refractivity (Wildman–Crippen MR) is 191 cm³/mol. The number of halogens is 1. The number of H-pyrrole nitrogens is 1. The number of hydrogen-bond donors (Lipinski definition) is 3. The van der Waals surface area contributed by atoms with E-state index in [-0.39, 0.29) is 29.9 Å². The Morgan fingerprint density at radius 3 is 1.93 bits per heavy atom. The van der Waals surface area contributed by atoms with E-state index in [0.717, 1.165) is 25.0 Å². The van der Waals surface area contributed by atoms with Crippen molar-refractivity contribution in [2.24, 2.45) is 0 Å². The van der Waals surface area contributed by atoms with Crippen molar-refractivity contribution in [1.82, 2.24) is 24.5 Å². The summed E-state index contributed by atoms with van der Waals surface area (Å²) in [6.45, 7) is 8.44. The van der Waals surface area contributed by atoms with Crippen LogP contribution in [0.3, 0.4) is 0 Å². The largest absolute Gasteiger partial charge is 0.284 e. The van der Waals surface area contributed by atoms with Gasteiger partial charge in [-0.2, -0.15) is 4.63 Å². The van der Waals surface area contributed by atoms with Gasteiger partial charge in [-0.15, -0.1) is 5.10 Å². The molecule has 10 nitrogen and oxygen atoms in total. The van der Waals surface area contributed by atoms with Crippen LogP contribution in [0, 0.1) is 0 Å². The van der Waals surface area contributed by atoms with E-state index in [2.05, 4.69) is 31.5 Å². The summed E-state index contributed by atoms with van der Waals surface area (Å²) in [5.41, 5.74) is 2.12. The number of hydrogen-bond acceptors (Lipinski definition) is 6. The van der Waals surface area contributed by atoms with E-state index in [4.69, 9.17) is 11.6 Å². The van der Waals surface area contributed by atoms with E-state index < -0.39 is 20.0 Å². The molecule has 0 aliphatic carbocycles. The zero-order chi connectivity index (χ0) is 33.6. The molecule has 2 aromatic heterocycles.